The number of nitrogens with one attached hydrogen (secondary N) is 1. The summed E-state index contributed by atoms with van der Waals surface area (Å²) >= 11 is 0. The van der Waals surface area contributed by atoms with Gasteiger partial charge in [0.25, 0.3) is 5.91 Å². The van der Waals surface area contributed by atoms with Gasteiger partial charge in [0.2, 0.25) is 0 Å². The van der Waals surface area contributed by atoms with Crippen LogP contribution in [0.15, 0.2) is 41.0 Å². The highest BCUT2D eigenvalue weighted by atomic mass is 16.5. The van der Waals surface area contributed by atoms with Crippen LogP contribution < -0.4 is 10.1 Å². The van der Waals surface area contributed by atoms with Gasteiger partial charge in [0.05, 0.1) is 12.3 Å². The second kappa shape index (κ2) is 8.90. The van der Waals surface area contributed by atoms with Gasteiger partial charge in [-0.25, -0.2) is 0 Å². The molecule has 5 nitrogen and oxygen atoms in total. The molecule has 1 N–H and O–H groups in total. The summed E-state index contributed by atoms with van der Waals surface area (Å²) < 4.78 is 11.3. The number of carbonyl (C=O) groups excluding carboxylic acids is 1. The molecule has 1 saturated heterocycles. The molecule has 140 valence electrons. The standard InChI is InChI=1S/C21H28N2O3/c1-16-8-6-9-19(17(16)2)26-15-21(24)22-14-18(20-10-7-13-25-20)23-11-4-3-5-12-23/h6-10,13,18H,3-5,11-12,14-15H2,1-2H3,(H,22,24)/t18-/m0/s1. The molecule has 1 amide bonds. The fourth-order valence-corrected chi connectivity index (χ4v) is 3.41. The number of nitrogens with zero attached hydrogens (tertiary/aromatic N) is 1. The number of likely N-dealkylation sites (tertiary alicyclic amines) is 1. The average Bonchev–Trinajstić information content (AvgIpc) is 3.18. The van der Waals surface area contributed by atoms with Crippen molar-refractivity contribution in [1.29, 1.82) is 0 Å². The fraction of sp³-hybridized carbons (Fsp3) is 0.476. The first kappa shape index (κ1) is 18.5. The molecule has 1 fully saturated rings. The largest absolute Gasteiger partial charge is 0.483 e. The third-order valence-corrected chi connectivity index (χ3v) is 5.11. The SMILES string of the molecule is Cc1cccc(OCC(=O)NC[C@@H](c2ccco2)N2CCCCC2)c1C. The Hall–Kier alpha value is -2.27. The molecular formula is C21H28N2O3. The van der Waals surface area contributed by atoms with Crippen molar-refractivity contribution in [2.45, 2.75) is 39.2 Å². The van der Waals surface area contributed by atoms with Gasteiger partial charge in [-0.2, -0.15) is 0 Å². The van der Waals surface area contributed by atoms with Crippen molar-refractivity contribution in [3.63, 3.8) is 0 Å². The first-order valence-electron chi connectivity index (χ1n) is 9.38. The summed E-state index contributed by atoms with van der Waals surface area (Å²) in [5.41, 5.74) is 2.23. The minimum absolute atomic E-state index is 0.0230. The topological polar surface area (TPSA) is 54.7 Å². The number of amides is 1. The van der Waals surface area contributed by atoms with E-state index in [1.165, 1.54) is 19.3 Å². The molecule has 3 rings (SSSR count). The van der Waals surface area contributed by atoms with Crippen LogP contribution in [0.25, 0.3) is 0 Å². The maximum atomic E-state index is 12.3. The molecular weight excluding hydrogens is 328 g/mol. The summed E-state index contributed by atoms with van der Waals surface area (Å²) in [5.74, 6) is 1.56. The van der Waals surface area contributed by atoms with Crippen molar-refractivity contribution in [3.8, 4) is 5.75 Å². The Morgan fingerprint density at radius 3 is 2.73 bits per heavy atom. The van der Waals surface area contributed by atoms with Crippen LogP contribution in [0.1, 0.15) is 42.2 Å². The van der Waals surface area contributed by atoms with Crippen LogP contribution in [0.3, 0.4) is 0 Å². The minimum atomic E-state index is -0.112. The van der Waals surface area contributed by atoms with Gasteiger partial charge in [-0.15, -0.1) is 0 Å². The summed E-state index contributed by atoms with van der Waals surface area (Å²) in [7, 11) is 0. The lowest BCUT2D eigenvalue weighted by Gasteiger charge is -2.33. The first-order chi connectivity index (χ1) is 12.6. The number of piperidine rings is 1. The molecule has 1 aromatic heterocycles. The lowest BCUT2D eigenvalue weighted by atomic mass is 10.1. The number of furan rings is 1. The van der Waals surface area contributed by atoms with Crippen LogP contribution >= 0.6 is 0 Å². The molecule has 1 atom stereocenters. The number of benzene rings is 1. The summed E-state index contributed by atoms with van der Waals surface area (Å²) in [5, 5.41) is 3.01. The van der Waals surface area contributed by atoms with E-state index < -0.39 is 0 Å². The van der Waals surface area contributed by atoms with Crippen molar-refractivity contribution in [3.05, 3.63) is 53.5 Å². The van der Waals surface area contributed by atoms with Crippen molar-refractivity contribution in [2.75, 3.05) is 26.2 Å². The summed E-state index contributed by atoms with van der Waals surface area (Å²) in [4.78, 5) is 14.7. The second-order valence-electron chi connectivity index (χ2n) is 6.92. The molecule has 0 bridgehead atoms. The van der Waals surface area contributed by atoms with E-state index in [1.807, 2.05) is 44.2 Å². The van der Waals surface area contributed by atoms with Crippen molar-refractivity contribution in [1.82, 2.24) is 10.2 Å². The summed E-state index contributed by atoms with van der Waals surface area (Å²) in [6, 6.07) is 9.84. The van der Waals surface area contributed by atoms with E-state index in [2.05, 4.69) is 10.2 Å². The van der Waals surface area contributed by atoms with Crippen LogP contribution in [-0.4, -0.2) is 37.0 Å². The van der Waals surface area contributed by atoms with E-state index in [9.17, 15) is 4.79 Å². The number of carbonyl (C=O) groups is 1. The Morgan fingerprint density at radius 1 is 1.19 bits per heavy atom. The van der Waals surface area contributed by atoms with E-state index >= 15 is 0 Å². The molecule has 26 heavy (non-hydrogen) atoms. The number of rotatable bonds is 7. The molecule has 0 saturated carbocycles. The van der Waals surface area contributed by atoms with Gasteiger partial charge < -0.3 is 14.5 Å². The lowest BCUT2D eigenvalue weighted by molar-refractivity contribution is -0.123. The molecule has 0 radical (unpaired) electrons. The van der Waals surface area contributed by atoms with Gasteiger partial charge in [0, 0.05) is 6.54 Å². The normalized spacial score (nSPS) is 16.2. The second-order valence-corrected chi connectivity index (χ2v) is 6.92. The Labute approximate surface area is 155 Å². The van der Waals surface area contributed by atoms with Gasteiger partial charge in [0.15, 0.2) is 6.61 Å². The quantitative estimate of drug-likeness (QED) is 0.823. The van der Waals surface area contributed by atoms with Crippen molar-refractivity contribution < 1.29 is 13.9 Å². The summed E-state index contributed by atoms with van der Waals surface area (Å²) in [6.45, 7) is 6.68. The van der Waals surface area contributed by atoms with E-state index in [0.717, 1.165) is 35.7 Å². The summed E-state index contributed by atoms with van der Waals surface area (Å²) in [6.07, 6.45) is 5.36. The van der Waals surface area contributed by atoms with Crippen LogP contribution in [0.2, 0.25) is 0 Å². The van der Waals surface area contributed by atoms with E-state index in [-0.39, 0.29) is 18.6 Å². The Morgan fingerprint density at radius 2 is 2.00 bits per heavy atom. The van der Waals surface area contributed by atoms with Crippen LogP contribution in [-0.2, 0) is 4.79 Å². The predicted molar refractivity (Wildman–Crippen MR) is 101 cm³/mol. The number of aryl methyl sites for hydroxylation is 1. The third kappa shape index (κ3) is 4.67. The van der Waals surface area contributed by atoms with E-state index in [1.54, 1.807) is 6.26 Å². The first-order valence-corrected chi connectivity index (χ1v) is 9.38. The zero-order valence-corrected chi connectivity index (χ0v) is 15.7. The Kier molecular flexibility index (Phi) is 6.34. The minimum Gasteiger partial charge on any atom is -0.483 e. The number of hydrogen-bond acceptors (Lipinski definition) is 4. The molecule has 5 heteroatoms. The molecule has 0 aliphatic carbocycles. The van der Waals surface area contributed by atoms with Gasteiger partial charge in [-0.3, -0.25) is 9.69 Å². The van der Waals surface area contributed by atoms with Gasteiger partial charge in [-0.1, -0.05) is 18.6 Å². The monoisotopic (exact) mass is 356 g/mol. The zero-order valence-electron chi connectivity index (χ0n) is 15.7. The Balaban J connectivity index is 1.54. The molecule has 2 aromatic rings. The lowest BCUT2D eigenvalue weighted by Crippen LogP contribution is -2.41. The fourth-order valence-electron chi connectivity index (χ4n) is 3.41. The molecule has 2 heterocycles. The van der Waals surface area contributed by atoms with Crippen LogP contribution in [0.5, 0.6) is 5.75 Å². The molecule has 0 spiro atoms. The molecule has 1 aliphatic rings. The van der Waals surface area contributed by atoms with Gasteiger partial charge in [-0.05, 0) is 69.1 Å². The molecule has 1 aromatic carbocycles. The van der Waals surface area contributed by atoms with Crippen LogP contribution in [0.4, 0.5) is 0 Å². The molecule has 0 unspecified atom stereocenters. The van der Waals surface area contributed by atoms with E-state index in [4.69, 9.17) is 9.15 Å². The molecule has 1 aliphatic heterocycles. The number of hydrogen-bond donors (Lipinski definition) is 1. The van der Waals surface area contributed by atoms with Crippen molar-refractivity contribution >= 4 is 5.91 Å². The predicted octanol–water partition coefficient (Wildman–Crippen LogP) is 3.62. The van der Waals surface area contributed by atoms with Crippen LogP contribution in [0, 0.1) is 13.8 Å². The Bertz CT molecular complexity index is 706. The van der Waals surface area contributed by atoms with Gasteiger partial charge in [0.1, 0.15) is 11.5 Å². The smallest absolute Gasteiger partial charge is 0.258 e. The number of ether oxygens (including phenoxy) is 1. The van der Waals surface area contributed by atoms with Crippen molar-refractivity contribution in [2.24, 2.45) is 0 Å². The average molecular weight is 356 g/mol. The highest BCUT2D eigenvalue weighted by Crippen LogP contribution is 2.24. The third-order valence-electron chi connectivity index (χ3n) is 5.11. The highest BCUT2D eigenvalue weighted by molar-refractivity contribution is 5.77. The highest BCUT2D eigenvalue weighted by Gasteiger charge is 2.24. The van der Waals surface area contributed by atoms with Gasteiger partial charge >= 0.3 is 0 Å². The van der Waals surface area contributed by atoms with E-state index in [0.29, 0.717) is 6.54 Å². The maximum Gasteiger partial charge on any atom is 0.258 e. The maximum absolute atomic E-state index is 12.3. The zero-order chi connectivity index (χ0) is 18.4.